The molecule has 0 radical (unpaired) electrons. The molecule has 2 aromatic carbocycles. The van der Waals surface area contributed by atoms with Crippen LogP contribution in [0.25, 0.3) is 6.08 Å². The smallest absolute Gasteiger partial charge is 0.343 e. The maximum Gasteiger partial charge on any atom is 0.343 e. The summed E-state index contributed by atoms with van der Waals surface area (Å²) in [6.45, 7) is 1.74. The number of nitrogens with zero attached hydrogens (tertiary/aromatic N) is 1. The monoisotopic (exact) mass is 375 g/mol. The minimum atomic E-state index is -0.628. The van der Waals surface area contributed by atoms with E-state index in [9.17, 15) is 14.0 Å². The highest BCUT2D eigenvalue weighted by Gasteiger charge is 2.30. The highest BCUT2D eigenvalue weighted by atomic mass is 19.1. The molecule has 0 amide bonds. The van der Waals surface area contributed by atoms with Crippen molar-refractivity contribution in [3.63, 3.8) is 0 Å². The lowest BCUT2D eigenvalue weighted by Gasteiger charge is -2.07. The van der Waals surface area contributed by atoms with Gasteiger partial charge in [-0.25, -0.2) is 9.18 Å². The molecule has 0 atom stereocenters. The maximum atomic E-state index is 13.0. The van der Waals surface area contributed by atoms with Crippen LogP contribution in [0.1, 0.15) is 31.8 Å². The van der Waals surface area contributed by atoms with Gasteiger partial charge in [-0.15, -0.1) is 0 Å². The van der Waals surface area contributed by atoms with Crippen LogP contribution < -0.4 is 9.47 Å². The van der Waals surface area contributed by atoms with Crippen molar-refractivity contribution in [1.82, 2.24) is 4.98 Å². The molecule has 6 heteroatoms. The number of hydrogen-bond acceptors (Lipinski definition) is 5. The molecular formula is C22H14FNO4. The Bertz CT molecular complexity index is 1110. The normalized spacial score (nSPS) is 13.9. The van der Waals surface area contributed by atoms with Gasteiger partial charge in [-0.3, -0.25) is 9.78 Å². The fraction of sp³-hybridized carbons (Fsp3) is 0.0455. The number of carbonyl (C=O) groups is 2. The first-order valence-corrected chi connectivity index (χ1v) is 8.48. The second kappa shape index (κ2) is 7.08. The van der Waals surface area contributed by atoms with Gasteiger partial charge in [0.15, 0.2) is 5.76 Å². The number of rotatable bonds is 3. The van der Waals surface area contributed by atoms with Crippen molar-refractivity contribution in [3.8, 4) is 11.5 Å². The van der Waals surface area contributed by atoms with Crippen LogP contribution in [0.2, 0.25) is 0 Å². The minimum absolute atomic E-state index is 0.186. The molecular weight excluding hydrogens is 361 g/mol. The lowest BCUT2D eigenvalue weighted by Crippen LogP contribution is -2.08. The second-order valence-corrected chi connectivity index (χ2v) is 6.23. The molecule has 138 valence electrons. The van der Waals surface area contributed by atoms with Gasteiger partial charge in [0, 0.05) is 18.5 Å². The number of allylic oxidation sites excluding steroid dienone is 1. The van der Waals surface area contributed by atoms with Crippen molar-refractivity contribution < 1.29 is 23.5 Å². The topological polar surface area (TPSA) is 65.5 Å². The molecule has 28 heavy (non-hydrogen) atoms. The number of aryl methyl sites for hydroxylation is 1. The van der Waals surface area contributed by atoms with Crippen LogP contribution in [0.15, 0.2) is 66.7 Å². The SMILES string of the molecule is Cc1cc(OC(=O)c2ccc(F)cc2)cc2c1C(=O)/C(=C/c1ccncc1)O2. The molecule has 0 saturated heterocycles. The summed E-state index contributed by atoms with van der Waals surface area (Å²) in [5.74, 6) is -0.552. The van der Waals surface area contributed by atoms with Gasteiger partial charge in [0.1, 0.15) is 17.3 Å². The predicted molar refractivity (Wildman–Crippen MR) is 99.7 cm³/mol. The number of ketones is 1. The standard InChI is InChI=1S/C22H14FNO4/c1-13-10-17(27-22(26)15-2-4-16(23)5-3-15)12-18-20(13)21(25)19(28-18)11-14-6-8-24-9-7-14/h2-12H,1H3/b19-11-. The minimum Gasteiger partial charge on any atom is -0.452 e. The van der Waals surface area contributed by atoms with Crippen LogP contribution >= 0.6 is 0 Å². The number of carbonyl (C=O) groups excluding carboxylic acids is 2. The number of pyridine rings is 1. The zero-order chi connectivity index (χ0) is 19.7. The van der Waals surface area contributed by atoms with Crippen molar-refractivity contribution in [2.45, 2.75) is 6.92 Å². The van der Waals surface area contributed by atoms with Gasteiger partial charge in [-0.2, -0.15) is 0 Å². The molecule has 0 N–H and O–H groups in total. The van der Waals surface area contributed by atoms with Gasteiger partial charge in [0.05, 0.1) is 11.1 Å². The maximum absolute atomic E-state index is 13.0. The van der Waals surface area contributed by atoms with E-state index in [1.807, 2.05) is 0 Å². The average Bonchev–Trinajstić information content (AvgIpc) is 2.99. The molecule has 5 nitrogen and oxygen atoms in total. The molecule has 4 rings (SSSR count). The number of ether oxygens (including phenoxy) is 2. The Balaban J connectivity index is 1.60. The lowest BCUT2D eigenvalue weighted by molar-refractivity contribution is 0.0734. The third kappa shape index (κ3) is 3.40. The molecule has 0 fully saturated rings. The van der Waals surface area contributed by atoms with Gasteiger partial charge in [-0.1, -0.05) is 0 Å². The molecule has 2 heterocycles. The summed E-state index contributed by atoms with van der Waals surface area (Å²) in [7, 11) is 0. The van der Waals surface area contributed by atoms with E-state index in [4.69, 9.17) is 9.47 Å². The summed E-state index contributed by atoms with van der Waals surface area (Å²) < 4.78 is 24.1. The van der Waals surface area contributed by atoms with Crippen molar-refractivity contribution in [2.75, 3.05) is 0 Å². The number of esters is 1. The highest BCUT2D eigenvalue weighted by molar-refractivity contribution is 6.15. The Morgan fingerprint density at radius 3 is 2.54 bits per heavy atom. The Labute approximate surface area is 160 Å². The van der Waals surface area contributed by atoms with Gasteiger partial charge in [0.2, 0.25) is 5.78 Å². The fourth-order valence-electron chi connectivity index (χ4n) is 2.90. The van der Waals surface area contributed by atoms with E-state index >= 15 is 0 Å². The van der Waals surface area contributed by atoms with Gasteiger partial charge in [0.25, 0.3) is 0 Å². The van der Waals surface area contributed by atoms with E-state index in [0.717, 1.165) is 5.56 Å². The van der Waals surface area contributed by atoms with Crippen LogP contribution in [0.5, 0.6) is 11.5 Å². The van der Waals surface area contributed by atoms with E-state index < -0.39 is 11.8 Å². The Morgan fingerprint density at radius 1 is 1.11 bits per heavy atom. The largest absolute Gasteiger partial charge is 0.452 e. The van der Waals surface area contributed by atoms with Gasteiger partial charge in [-0.05, 0) is 66.6 Å². The zero-order valence-electron chi connectivity index (χ0n) is 14.8. The highest BCUT2D eigenvalue weighted by Crippen LogP contribution is 2.37. The number of benzene rings is 2. The molecule has 0 saturated carbocycles. The number of halogens is 1. The predicted octanol–water partition coefficient (Wildman–Crippen LogP) is 4.36. The van der Waals surface area contributed by atoms with Crippen LogP contribution in [0, 0.1) is 12.7 Å². The molecule has 0 aliphatic carbocycles. The van der Waals surface area contributed by atoms with Crippen molar-refractivity contribution in [1.29, 1.82) is 0 Å². The number of fused-ring (bicyclic) bond motifs is 1. The Hall–Kier alpha value is -3.80. The Kier molecular flexibility index (Phi) is 4.45. The molecule has 0 bridgehead atoms. The third-order valence-corrected chi connectivity index (χ3v) is 4.24. The number of Topliss-reactive ketones (excluding diaryl/α,β-unsaturated/α-hetero) is 1. The van der Waals surface area contributed by atoms with Crippen LogP contribution in [-0.2, 0) is 0 Å². The average molecular weight is 375 g/mol. The molecule has 1 aliphatic rings. The Morgan fingerprint density at radius 2 is 1.82 bits per heavy atom. The number of hydrogen-bond donors (Lipinski definition) is 0. The summed E-state index contributed by atoms with van der Waals surface area (Å²) in [5, 5.41) is 0. The first-order chi connectivity index (χ1) is 13.5. The summed E-state index contributed by atoms with van der Waals surface area (Å²) >= 11 is 0. The van der Waals surface area contributed by atoms with E-state index in [0.29, 0.717) is 16.9 Å². The summed E-state index contributed by atoms with van der Waals surface area (Å²) in [4.78, 5) is 28.8. The first kappa shape index (κ1) is 17.6. The molecule has 3 aromatic rings. The molecule has 1 aliphatic heterocycles. The summed E-state index contributed by atoms with van der Waals surface area (Å²) in [6.07, 6.45) is 4.88. The second-order valence-electron chi connectivity index (χ2n) is 6.23. The number of aromatic nitrogens is 1. The fourth-order valence-corrected chi connectivity index (χ4v) is 2.90. The molecule has 0 spiro atoms. The van der Waals surface area contributed by atoms with E-state index in [-0.39, 0.29) is 22.9 Å². The van der Waals surface area contributed by atoms with E-state index in [1.165, 1.54) is 30.3 Å². The lowest BCUT2D eigenvalue weighted by atomic mass is 10.0. The first-order valence-electron chi connectivity index (χ1n) is 8.48. The molecule has 1 aromatic heterocycles. The summed E-state index contributed by atoms with van der Waals surface area (Å²) in [5.41, 5.74) is 2.06. The van der Waals surface area contributed by atoms with Crippen molar-refractivity contribution in [2.24, 2.45) is 0 Å². The summed E-state index contributed by atoms with van der Waals surface area (Å²) in [6, 6.07) is 11.7. The van der Waals surface area contributed by atoms with Crippen molar-refractivity contribution in [3.05, 3.63) is 94.8 Å². The quantitative estimate of drug-likeness (QED) is 0.386. The van der Waals surface area contributed by atoms with Crippen LogP contribution in [-0.4, -0.2) is 16.7 Å². The van der Waals surface area contributed by atoms with E-state index in [2.05, 4.69) is 4.98 Å². The molecule has 0 unspecified atom stereocenters. The third-order valence-electron chi connectivity index (χ3n) is 4.24. The van der Waals surface area contributed by atoms with Gasteiger partial charge >= 0.3 is 5.97 Å². The van der Waals surface area contributed by atoms with E-state index in [1.54, 1.807) is 43.6 Å². The van der Waals surface area contributed by atoms with Crippen molar-refractivity contribution >= 4 is 17.8 Å². The van der Waals surface area contributed by atoms with Crippen LogP contribution in [0.3, 0.4) is 0 Å². The van der Waals surface area contributed by atoms with Crippen LogP contribution in [0.4, 0.5) is 4.39 Å². The van der Waals surface area contributed by atoms with Gasteiger partial charge < -0.3 is 9.47 Å². The zero-order valence-corrected chi connectivity index (χ0v) is 14.8.